The van der Waals surface area contributed by atoms with Crippen molar-refractivity contribution in [1.29, 1.82) is 0 Å². The normalized spacial score (nSPS) is 13.7. The zero-order valence-corrected chi connectivity index (χ0v) is 18.5. The Kier molecular flexibility index (Phi) is 5.56. The van der Waals surface area contributed by atoms with Crippen LogP contribution in [0.25, 0.3) is 11.2 Å². The lowest BCUT2D eigenvalue weighted by Gasteiger charge is -2.13. The number of sulfonamides is 1. The van der Waals surface area contributed by atoms with Crippen LogP contribution in [-0.4, -0.2) is 46.3 Å². The van der Waals surface area contributed by atoms with Crippen LogP contribution in [0.5, 0.6) is 5.75 Å². The number of halogens is 1. The second-order valence-corrected chi connectivity index (χ2v) is 10.2. The summed E-state index contributed by atoms with van der Waals surface area (Å²) in [6, 6.07) is 4.10. The van der Waals surface area contributed by atoms with Gasteiger partial charge in [-0.3, -0.25) is 0 Å². The minimum Gasteiger partial charge on any atom is -0.493 e. The van der Waals surface area contributed by atoms with E-state index in [4.69, 9.17) is 10.5 Å². The van der Waals surface area contributed by atoms with Crippen molar-refractivity contribution in [3.8, 4) is 5.75 Å². The molecule has 0 saturated carbocycles. The van der Waals surface area contributed by atoms with Crippen LogP contribution in [0, 0.1) is 13.0 Å². The summed E-state index contributed by atoms with van der Waals surface area (Å²) in [5, 5.41) is -0.559. The van der Waals surface area contributed by atoms with Gasteiger partial charge in [-0.05, 0) is 43.5 Å². The number of anilines is 1. The van der Waals surface area contributed by atoms with Crippen LogP contribution < -0.4 is 15.2 Å². The van der Waals surface area contributed by atoms with Crippen LogP contribution >= 0.6 is 0 Å². The summed E-state index contributed by atoms with van der Waals surface area (Å²) >= 11 is 0. The van der Waals surface area contributed by atoms with Crippen molar-refractivity contribution in [2.75, 3.05) is 18.9 Å². The highest BCUT2D eigenvalue weighted by atomic mass is 32.2. The second-order valence-electron chi connectivity index (χ2n) is 7.88. The van der Waals surface area contributed by atoms with Gasteiger partial charge in [0.05, 0.1) is 11.9 Å². The molecular weight excluding hydrogens is 423 g/mol. The van der Waals surface area contributed by atoms with Gasteiger partial charge < -0.3 is 15.0 Å². The van der Waals surface area contributed by atoms with Gasteiger partial charge >= 0.3 is 6.08 Å². The summed E-state index contributed by atoms with van der Waals surface area (Å²) in [7, 11) is -3.44. The first-order chi connectivity index (χ1) is 14.7. The molecule has 0 fully saturated rings. The van der Waals surface area contributed by atoms with Crippen molar-refractivity contribution >= 4 is 27.0 Å². The number of benzene rings is 1. The number of nitrogens with two attached hydrogens (primary N) is 1. The minimum atomic E-state index is -3.44. The van der Waals surface area contributed by atoms with Gasteiger partial charge in [0, 0.05) is 25.9 Å². The molecule has 1 aliphatic rings. The summed E-state index contributed by atoms with van der Waals surface area (Å²) in [4.78, 5) is 12.0. The standard InChI is InChI=1S/C20H25FN6O3S/c1-11(2)31(28,29)23-5-6-27-16(24-17-18(22)25-20(21)26-19(17)27)10-14-9-15-13(4-7-30-15)8-12(14)3/h8-9,11,23H,4-7,10H2,1-3H3,(H2,22,25,26). The molecule has 0 spiro atoms. The number of aromatic nitrogens is 4. The third kappa shape index (κ3) is 4.19. The van der Waals surface area contributed by atoms with Crippen LogP contribution in [0.2, 0.25) is 0 Å². The van der Waals surface area contributed by atoms with Crippen LogP contribution in [-0.2, 0) is 29.4 Å². The number of hydrogen-bond donors (Lipinski definition) is 2. The maximum Gasteiger partial charge on any atom is 0.312 e. The summed E-state index contributed by atoms with van der Waals surface area (Å²) in [5.41, 5.74) is 9.67. The number of nitrogens with one attached hydrogen (secondary N) is 1. The smallest absolute Gasteiger partial charge is 0.312 e. The molecule has 0 radical (unpaired) electrons. The van der Waals surface area contributed by atoms with Crippen molar-refractivity contribution in [3.05, 3.63) is 40.7 Å². The molecule has 3 heterocycles. The Balaban J connectivity index is 1.71. The van der Waals surface area contributed by atoms with Gasteiger partial charge in [0.15, 0.2) is 17.0 Å². The first-order valence-corrected chi connectivity index (χ1v) is 11.6. The van der Waals surface area contributed by atoms with Crippen LogP contribution in [0.3, 0.4) is 0 Å². The monoisotopic (exact) mass is 448 g/mol. The second kappa shape index (κ2) is 8.04. The molecule has 0 aliphatic carbocycles. The van der Waals surface area contributed by atoms with Crippen molar-refractivity contribution in [1.82, 2.24) is 24.2 Å². The summed E-state index contributed by atoms with van der Waals surface area (Å²) in [6.07, 6.45) is 0.357. The van der Waals surface area contributed by atoms with Crippen LogP contribution in [0.4, 0.5) is 10.2 Å². The van der Waals surface area contributed by atoms with E-state index in [0.29, 0.717) is 18.9 Å². The predicted molar refractivity (Wildman–Crippen MR) is 115 cm³/mol. The van der Waals surface area contributed by atoms with Gasteiger partial charge in [-0.1, -0.05) is 6.07 Å². The number of rotatable bonds is 7. The van der Waals surface area contributed by atoms with E-state index in [1.807, 2.05) is 13.0 Å². The quantitative estimate of drug-likeness (QED) is 0.527. The van der Waals surface area contributed by atoms with Gasteiger partial charge in [-0.25, -0.2) is 18.1 Å². The molecule has 31 heavy (non-hydrogen) atoms. The highest BCUT2D eigenvalue weighted by Gasteiger charge is 2.21. The molecule has 0 saturated heterocycles. The summed E-state index contributed by atoms with van der Waals surface area (Å²) in [5.74, 6) is 1.39. The van der Waals surface area contributed by atoms with Gasteiger partial charge in [0.25, 0.3) is 0 Å². The molecule has 166 valence electrons. The van der Waals surface area contributed by atoms with Crippen molar-refractivity contribution in [2.24, 2.45) is 0 Å². The Labute approximate surface area is 179 Å². The number of hydrogen-bond acceptors (Lipinski definition) is 7. The molecule has 11 heteroatoms. The Morgan fingerprint density at radius 2 is 2.06 bits per heavy atom. The molecule has 2 aromatic heterocycles. The van der Waals surface area contributed by atoms with Crippen LogP contribution in [0.1, 0.15) is 36.4 Å². The molecule has 1 aliphatic heterocycles. The van der Waals surface area contributed by atoms with E-state index in [2.05, 4.69) is 25.7 Å². The molecule has 0 atom stereocenters. The van der Waals surface area contributed by atoms with Gasteiger partial charge in [0.2, 0.25) is 10.0 Å². The molecular formula is C20H25FN6O3S. The first-order valence-electron chi connectivity index (χ1n) is 10.1. The third-order valence-electron chi connectivity index (χ3n) is 5.43. The Morgan fingerprint density at radius 3 is 2.81 bits per heavy atom. The molecule has 0 bridgehead atoms. The molecule has 0 amide bonds. The fourth-order valence-electron chi connectivity index (χ4n) is 3.63. The van der Waals surface area contributed by atoms with E-state index in [-0.39, 0.29) is 30.1 Å². The lowest BCUT2D eigenvalue weighted by atomic mass is 10.0. The molecule has 3 aromatic rings. The number of fused-ring (bicyclic) bond motifs is 2. The maximum atomic E-state index is 13.9. The van der Waals surface area contributed by atoms with E-state index >= 15 is 0 Å². The van der Waals surface area contributed by atoms with Gasteiger partial charge in [0.1, 0.15) is 11.6 Å². The lowest BCUT2D eigenvalue weighted by molar-refractivity contribution is 0.356. The maximum absolute atomic E-state index is 13.9. The number of ether oxygens (including phenoxy) is 1. The Hall–Kier alpha value is -2.79. The average molecular weight is 449 g/mol. The molecule has 0 unspecified atom stereocenters. The van der Waals surface area contributed by atoms with Crippen molar-refractivity contribution in [2.45, 2.75) is 45.4 Å². The summed E-state index contributed by atoms with van der Waals surface area (Å²) in [6.45, 7) is 6.21. The van der Waals surface area contributed by atoms with Crippen LogP contribution in [0.15, 0.2) is 12.1 Å². The topological polar surface area (TPSA) is 125 Å². The highest BCUT2D eigenvalue weighted by molar-refractivity contribution is 7.90. The number of nitrogen functional groups attached to an aromatic ring is 1. The summed E-state index contributed by atoms with van der Waals surface area (Å²) < 4.78 is 48.0. The zero-order chi connectivity index (χ0) is 22.3. The van der Waals surface area contributed by atoms with E-state index in [1.165, 1.54) is 5.56 Å². The fourth-order valence-corrected chi connectivity index (χ4v) is 4.34. The number of aryl methyl sites for hydroxylation is 1. The van der Waals surface area contributed by atoms with E-state index < -0.39 is 21.4 Å². The number of imidazole rings is 1. The fraction of sp³-hybridized carbons (Fsp3) is 0.450. The van der Waals surface area contributed by atoms with Crippen molar-refractivity contribution < 1.29 is 17.5 Å². The Bertz CT molecular complexity index is 1260. The zero-order valence-electron chi connectivity index (χ0n) is 17.6. The van der Waals surface area contributed by atoms with E-state index in [0.717, 1.165) is 23.3 Å². The van der Waals surface area contributed by atoms with Crippen molar-refractivity contribution in [3.63, 3.8) is 0 Å². The minimum absolute atomic E-state index is 0.0562. The molecule has 4 rings (SSSR count). The lowest BCUT2D eigenvalue weighted by Crippen LogP contribution is -2.33. The molecule has 9 nitrogen and oxygen atoms in total. The van der Waals surface area contributed by atoms with Gasteiger partial charge in [-0.15, -0.1) is 0 Å². The largest absolute Gasteiger partial charge is 0.493 e. The Morgan fingerprint density at radius 1 is 1.29 bits per heavy atom. The average Bonchev–Trinajstić information content (AvgIpc) is 3.27. The molecule has 3 N–H and O–H groups in total. The van der Waals surface area contributed by atoms with E-state index in [1.54, 1.807) is 18.4 Å². The van der Waals surface area contributed by atoms with Gasteiger partial charge in [-0.2, -0.15) is 14.4 Å². The predicted octanol–water partition coefficient (Wildman–Crippen LogP) is 1.71. The highest BCUT2D eigenvalue weighted by Crippen LogP contribution is 2.30. The first kappa shape index (κ1) is 21.4. The van der Waals surface area contributed by atoms with E-state index in [9.17, 15) is 12.8 Å². The third-order valence-corrected chi connectivity index (χ3v) is 7.28. The SMILES string of the molecule is Cc1cc2c(cc1Cc1nc3c(N)nc(F)nc3n1CCNS(=O)(=O)C(C)C)OCC2. The molecule has 1 aromatic carbocycles. The number of nitrogens with zero attached hydrogens (tertiary/aromatic N) is 4.